The highest BCUT2D eigenvalue weighted by Crippen LogP contribution is 2.23. The molecule has 1 amide bonds. The number of likely N-dealkylation sites (tertiary alicyclic amines) is 1. The Kier molecular flexibility index (Phi) is 10.6. The number of halogens is 1. The Balaban J connectivity index is 0.00000300. The number of morpholine rings is 1. The SMILES string of the molecule is CN=C(NCC(C)Sc1ccccc1)N1CCC(C(=O)N2CCOCC2)CC1.I. The molecule has 2 heterocycles. The lowest BCUT2D eigenvalue weighted by Gasteiger charge is -2.37. The van der Waals surface area contributed by atoms with Crippen LogP contribution in [-0.4, -0.2) is 79.9 Å². The molecule has 0 bridgehead atoms. The molecular weight excluding hydrogens is 499 g/mol. The Morgan fingerprint density at radius 2 is 1.83 bits per heavy atom. The highest BCUT2D eigenvalue weighted by molar-refractivity contribution is 14.0. The van der Waals surface area contributed by atoms with E-state index in [4.69, 9.17) is 4.74 Å². The van der Waals surface area contributed by atoms with Gasteiger partial charge in [0, 0.05) is 55.8 Å². The van der Waals surface area contributed by atoms with E-state index in [1.165, 1.54) is 4.90 Å². The molecule has 8 heteroatoms. The first kappa shape index (κ1) is 24.3. The third-order valence-electron chi connectivity index (χ3n) is 5.31. The van der Waals surface area contributed by atoms with E-state index in [2.05, 4.69) is 46.4 Å². The monoisotopic (exact) mass is 532 g/mol. The molecule has 1 N–H and O–H groups in total. The first-order chi connectivity index (χ1) is 13.7. The van der Waals surface area contributed by atoms with Crippen LogP contribution in [0.3, 0.4) is 0 Å². The lowest BCUT2D eigenvalue weighted by atomic mass is 9.95. The fraction of sp³-hybridized carbons (Fsp3) is 0.619. The molecule has 2 aliphatic heterocycles. The molecule has 0 radical (unpaired) electrons. The van der Waals surface area contributed by atoms with Crippen molar-refractivity contribution in [2.24, 2.45) is 10.9 Å². The van der Waals surface area contributed by atoms with Gasteiger partial charge in [0.1, 0.15) is 0 Å². The molecule has 2 aliphatic rings. The molecule has 1 aromatic rings. The number of nitrogens with one attached hydrogen (secondary N) is 1. The summed E-state index contributed by atoms with van der Waals surface area (Å²) in [5, 5.41) is 3.95. The number of aliphatic imine (C=N–C) groups is 1. The maximum Gasteiger partial charge on any atom is 0.225 e. The number of hydrogen-bond donors (Lipinski definition) is 1. The van der Waals surface area contributed by atoms with Crippen LogP contribution in [0.1, 0.15) is 19.8 Å². The number of hydrogen-bond acceptors (Lipinski definition) is 4. The molecule has 29 heavy (non-hydrogen) atoms. The summed E-state index contributed by atoms with van der Waals surface area (Å²) >= 11 is 1.87. The number of piperidine rings is 1. The zero-order valence-corrected chi connectivity index (χ0v) is 20.5. The smallest absolute Gasteiger partial charge is 0.225 e. The summed E-state index contributed by atoms with van der Waals surface area (Å²) < 4.78 is 5.36. The average molecular weight is 532 g/mol. The maximum absolute atomic E-state index is 12.7. The Bertz CT molecular complexity index is 647. The third-order valence-corrected chi connectivity index (χ3v) is 6.42. The first-order valence-electron chi connectivity index (χ1n) is 10.2. The number of ether oxygens (including phenoxy) is 1. The molecule has 3 rings (SSSR count). The van der Waals surface area contributed by atoms with E-state index in [0.29, 0.717) is 24.4 Å². The number of amides is 1. The number of benzene rings is 1. The summed E-state index contributed by atoms with van der Waals surface area (Å²) in [5.41, 5.74) is 0. The number of carbonyl (C=O) groups excluding carboxylic acids is 1. The molecule has 0 aliphatic carbocycles. The van der Waals surface area contributed by atoms with Gasteiger partial charge >= 0.3 is 0 Å². The van der Waals surface area contributed by atoms with Crippen molar-refractivity contribution in [2.75, 3.05) is 53.0 Å². The van der Waals surface area contributed by atoms with E-state index in [0.717, 1.165) is 51.5 Å². The molecular formula is C21H33IN4O2S. The summed E-state index contributed by atoms with van der Waals surface area (Å²) in [4.78, 5) is 22.7. The van der Waals surface area contributed by atoms with Crippen LogP contribution in [-0.2, 0) is 9.53 Å². The average Bonchev–Trinajstić information content (AvgIpc) is 2.75. The molecule has 6 nitrogen and oxygen atoms in total. The number of guanidine groups is 1. The summed E-state index contributed by atoms with van der Waals surface area (Å²) in [6.07, 6.45) is 1.79. The lowest BCUT2D eigenvalue weighted by molar-refractivity contribution is -0.140. The van der Waals surface area contributed by atoms with Crippen LogP contribution in [0, 0.1) is 5.92 Å². The number of thioether (sulfide) groups is 1. The highest BCUT2D eigenvalue weighted by Gasteiger charge is 2.30. The minimum atomic E-state index is 0. The van der Waals surface area contributed by atoms with Crippen molar-refractivity contribution in [3.8, 4) is 0 Å². The van der Waals surface area contributed by atoms with Crippen molar-refractivity contribution in [3.05, 3.63) is 30.3 Å². The van der Waals surface area contributed by atoms with Crippen molar-refractivity contribution < 1.29 is 9.53 Å². The topological polar surface area (TPSA) is 57.2 Å². The van der Waals surface area contributed by atoms with Crippen molar-refractivity contribution in [1.29, 1.82) is 0 Å². The van der Waals surface area contributed by atoms with E-state index in [9.17, 15) is 4.79 Å². The number of carbonyl (C=O) groups is 1. The van der Waals surface area contributed by atoms with Gasteiger partial charge in [-0.25, -0.2) is 0 Å². The van der Waals surface area contributed by atoms with Gasteiger partial charge in [0.05, 0.1) is 13.2 Å². The molecule has 0 saturated carbocycles. The molecule has 1 aromatic carbocycles. The van der Waals surface area contributed by atoms with Crippen LogP contribution >= 0.6 is 35.7 Å². The normalized spacial score (nSPS) is 19.4. The first-order valence-corrected chi connectivity index (χ1v) is 11.1. The maximum atomic E-state index is 12.7. The molecule has 0 spiro atoms. The van der Waals surface area contributed by atoms with Gasteiger partial charge in [-0.15, -0.1) is 35.7 Å². The largest absolute Gasteiger partial charge is 0.378 e. The fourth-order valence-electron chi connectivity index (χ4n) is 3.72. The van der Waals surface area contributed by atoms with Crippen LogP contribution in [0.15, 0.2) is 40.2 Å². The van der Waals surface area contributed by atoms with Crippen LogP contribution in [0.5, 0.6) is 0 Å². The van der Waals surface area contributed by atoms with Crippen LogP contribution < -0.4 is 5.32 Å². The second kappa shape index (κ2) is 12.6. The predicted molar refractivity (Wildman–Crippen MR) is 130 cm³/mol. The second-order valence-electron chi connectivity index (χ2n) is 7.37. The van der Waals surface area contributed by atoms with Crippen molar-refractivity contribution in [3.63, 3.8) is 0 Å². The van der Waals surface area contributed by atoms with Crippen LogP contribution in [0.25, 0.3) is 0 Å². The number of nitrogens with zero attached hydrogens (tertiary/aromatic N) is 3. The van der Waals surface area contributed by atoms with Gasteiger partial charge in [-0.2, -0.15) is 0 Å². The summed E-state index contributed by atoms with van der Waals surface area (Å²) in [5.74, 6) is 1.39. The molecule has 2 fully saturated rings. The second-order valence-corrected chi connectivity index (χ2v) is 8.88. The van der Waals surface area contributed by atoms with Gasteiger partial charge in [-0.1, -0.05) is 25.1 Å². The molecule has 2 saturated heterocycles. The standard InChI is InChI=1S/C21H32N4O2S.HI/c1-17(28-19-6-4-3-5-7-19)16-23-21(22-2)25-10-8-18(9-11-25)20(26)24-12-14-27-15-13-24;/h3-7,17-18H,8-16H2,1-2H3,(H,22,23);1H. The van der Waals surface area contributed by atoms with Crippen LogP contribution in [0.2, 0.25) is 0 Å². The van der Waals surface area contributed by atoms with Gasteiger partial charge < -0.3 is 19.9 Å². The lowest BCUT2D eigenvalue weighted by Crippen LogP contribution is -2.50. The summed E-state index contributed by atoms with van der Waals surface area (Å²) in [7, 11) is 1.84. The summed E-state index contributed by atoms with van der Waals surface area (Å²) in [6, 6.07) is 10.5. The van der Waals surface area contributed by atoms with Gasteiger partial charge in [-0.05, 0) is 25.0 Å². The Morgan fingerprint density at radius 3 is 2.45 bits per heavy atom. The minimum Gasteiger partial charge on any atom is -0.378 e. The van der Waals surface area contributed by atoms with E-state index in [-0.39, 0.29) is 29.9 Å². The Hall–Kier alpha value is -1.00. The van der Waals surface area contributed by atoms with Gasteiger partial charge in [0.25, 0.3) is 0 Å². The molecule has 1 atom stereocenters. The molecule has 162 valence electrons. The predicted octanol–water partition coefficient (Wildman–Crippen LogP) is 2.93. The fourth-order valence-corrected chi connectivity index (χ4v) is 4.67. The van der Waals surface area contributed by atoms with E-state index in [1.54, 1.807) is 0 Å². The van der Waals surface area contributed by atoms with E-state index >= 15 is 0 Å². The van der Waals surface area contributed by atoms with Crippen molar-refractivity contribution in [2.45, 2.75) is 29.9 Å². The zero-order valence-electron chi connectivity index (χ0n) is 17.4. The van der Waals surface area contributed by atoms with Crippen LogP contribution in [0.4, 0.5) is 0 Å². The van der Waals surface area contributed by atoms with E-state index in [1.807, 2.05) is 29.8 Å². The van der Waals surface area contributed by atoms with Gasteiger partial charge in [0.2, 0.25) is 5.91 Å². The molecule has 1 unspecified atom stereocenters. The van der Waals surface area contributed by atoms with E-state index < -0.39 is 0 Å². The Morgan fingerprint density at radius 1 is 1.17 bits per heavy atom. The summed E-state index contributed by atoms with van der Waals surface area (Å²) in [6.45, 7) is 7.64. The van der Waals surface area contributed by atoms with Crippen molar-refractivity contribution in [1.82, 2.24) is 15.1 Å². The Labute approximate surface area is 195 Å². The highest BCUT2D eigenvalue weighted by atomic mass is 127. The number of rotatable bonds is 5. The van der Waals surface area contributed by atoms with Gasteiger partial charge in [-0.3, -0.25) is 9.79 Å². The zero-order chi connectivity index (χ0) is 19.8. The van der Waals surface area contributed by atoms with Gasteiger partial charge in [0.15, 0.2) is 5.96 Å². The molecule has 0 aromatic heterocycles. The third kappa shape index (κ3) is 7.32. The minimum absolute atomic E-state index is 0. The quantitative estimate of drug-likeness (QED) is 0.274. The van der Waals surface area contributed by atoms with Crippen molar-refractivity contribution >= 4 is 47.6 Å².